The van der Waals surface area contributed by atoms with Crippen LogP contribution in [0.3, 0.4) is 0 Å². The third-order valence-corrected chi connectivity index (χ3v) is 4.09. The highest BCUT2D eigenvalue weighted by atomic mass is 79.9. The van der Waals surface area contributed by atoms with Crippen LogP contribution in [0.2, 0.25) is 0 Å². The summed E-state index contributed by atoms with van der Waals surface area (Å²) in [6, 6.07) is 13.6. The van der Waals surface area contributed by atoms with E-state index >= 15 is 0 Å². The van der Waals surface area contributed by atoms with E-state index in [4.69, 9.17) is 9.47 Å². The maximum absolute atomic E-state index is 10.3. The number of fused-ring (bicyclic) bond motifs is 1. The highest BCUT2D eigenvalue weighted by Crippen LogP contribution is 2.41. The van der Waals surface area contributed by atoms with E-state index in [0.717, 1.165) is 27.1 Å². The van der Waals surface area contributed by atoms with Gasteiger partial charge in [-0.15, -0.1) is 0 Å². The standard InChI is InChI=1S/C17H17BrO3/c1-2-20-13-6-3-11(4-7-13)17-10-15(19)14-9-12(18)5-8-16(14)21-17/h3-9,15,17,19H,2,10H2,1H3/t15-,17?/m1/s1. The van der Waals surface area contributed by atoms with Gasteiger partial charge >= 0.3 is 0 Å². The molecule has 1 aliphatic rings. The number of hydrogen-bond acceptors (Lipinski definition) is 3. The molecule has 0 amide bonds. The minimum atomic E-state index is -0.511. The van der Waals surface area contributed by atoms with E-state index < -0.39 is 6.10 Å². The molecule has 0 aliphatic carbocycles. The minimum Gasteiger partial charge on any atom is -0.494 e. The van der Waals surface area contributed by atoms with Crippen LogP contribution in [0.4, 0.5) is 0 Å². The second-order valence-electron chi connectivity index (χ2n) is 5.04. The Morgan fingerprint density at radius 2 is 2.00 bits per heavy atom. The zero-order valence-corrected chi connectivity index (χ0v) is 13.3. The van der Waals surface area contributed by atoms with Crippen LogP contribution >= 0.6 is 15.9 Å². The molecule has 21 heavy (non-hydrogen) atoms. The Balaban J connectivity index is 1.83. The highest BCUT2D eigenvalue weighted by molar-refractivity contribution is 9.10. The Kier molecular flexibility index (Phi) is 4.17. The van der Waals surface area contributed by atoms with Gasteiger partial charge in [0.2, 0.25) is 0 Å². The van der Waals surface area contributed by atoms with Crippen molar-refractivity contribution < 1.29 is 14.6 Å². The topological polar surface area (TPSA) is 38.7 Å². The summed E-state index contributed by atoms with van der Waals surface area (Å²) in [5, 5.41) is 10.3. The smallest absolute Gasteiger partial charge is 0.127 e. The SMILES string of the molecule is CCOc1ccc(C2C[C@@H](O)c3cc(Br)ccc3O2)cc1. The third-order valence-electron chi connectivity index (χ3n) is 3.60. The number of benzene rings is 2. The number of aliphatic hydroxyl groups excluding tert-OH is 1. The molecular weight excluding hydrogens is 332 g/mol. The van der Waals surface area contributed by atoms with Crippen molar-refractivity contribution >= 4 is 15.9 Å². The first-order valence-corrected chi connectivity index (χ1v) is 7.83. The predicted octanol–water partition coefficient (Wildman–Crippen LogP) is 4.41. The molecule has 1 N–H and O–H groups in total. The van der Waals surface area contributed by atoms with Gasteiger partial charge < -0.3 is 14.6 Å². The first-order chi connectivity index (χ1) is 10.2. The highest BCUT2D eigenvalue weighted by Gasteiger charge is 2.28. The molecule has 1 aliphatic heterocycles. The van der Waals surface area contributed by atoms with Crippen molar-refractivity contribution in [2.24, 2.45) is 0 Å². The van der Waals surface area contributed by atoms with Crippen molar-refractivity contribution in [2.45, 2.75) is 25.6 Å². The van der Waals surface area contributed by atoms with Crippen LogP contribution in [0, 0.1) is 0 Å². The van der Waals surface area contributed by atoms with E-state index in [1.807, 2.05) is 49.4 Å². The van der Waals surface area contributed by atoms with Crippen LogP contribution in [-0.4, -0.2) is 11.7 Å². The molecular formula is C17H17BrO3. The van der Waals surface area contributed by atoms with E-state index in [1.165, 1.54) is 0 Å². The molecule has 0 bridgehead atoms. The van der Waals surface area contributed by atoms with E-state index in [2.05, 4.69) is 15.9 Å². The quantitative estimate of drug-likeness (QED) is 0.892. The molecule has 0 fully saturated rings. The summed E-state index contributed by atoms with van der Waals surface area (Å²) in [7, 11) is 0. The van der Waals surface area contributed by atoms with Crippen molar-refractivity contribution in [1.29, 1.82) is 0 Å². The molecule has 4 heteroatoms. The second-order valence-corrected chi connectivity index (χ2v) is 5.96. The summed E-state index contributed by atoms with van der Waals surface area (Å²) in [5.41, 5.74) is 1.89. The monoisotopic (exact) mass is 348 g/mol. The molecule has 2 aromatic carbocycles. The Labute approximate surface area is 132 Å². The molecule has 1 heterocycles. The summed E-state index contributed by atoms with van der Waals surface area (Å²) in [6.07, 6.45) is -0.0931. The van der Waals surface area contributed by atoms with Gasteiger partial charge in [-0.05, 0) is 42.8 Å². The lowest BCUT2D eigenvalue weighted by Crippen LogP contribution is -2.19. The molecule has 0 saturated heterocycles. The summed E-state index contributed by atoms with van der Waals surface area (Å²) < 4.78 is 12.4. The number of hydrogen-bond donors (Lipinski definition) is 1. The van der Waals surface area contributed by atoms with Crippen molar-refractivity contribution in [2.75, 3.05) is 6.61 Å². The van der Waals surface area contributed by atoms with Crippen LogP contribution in [0.25, 0.3) is 0 Å². The normalized spacial score (nSPS) is 20.5. The van der Waals surface area contributed by atoms with Crippen molar-refractivity contribution in [3.8, 4) is 11.5 Å². The molecule has 1 unspecified atom stereocenters. The van der Waals surface area contributed by atoms with Gasteiger partial charge in [0, 0.05) is 16.5 Å². The zero-order chi connectivity index (χ0) is 14.8. The molecule has 2 atom stereocenters. The fourth-order valence-electron chi connectivity index (χ4n) is 2.57. The fraction of sp³-hybridized carbons (Fsp3) is 0.294. The van der Waals surface area contributed by atoms with Gasteiger partial charge in [0.1, 0.15) is 17.6 Å². The van der Waals surface area contributed by atoms with Crippen molar-refractivity contribution in [3.63, 3.8) is 0 Å². The number of aliphatic hydroxyl groups is 1. The van der Waals surface area contributed by atoms with E-state index in [1.54, 1.807) is 0 Å². The van der Waals surface area contributed by atoms with E-state index in [9.17, 15) is 5.11 Å². The van der Waals surface area contributed by atoms with Gasteiger partial charge in [-0.25, -0.2) is 0 Å². The van der Waals surface area contributed by atoms with E-state index in [-0.39, 0.29) is 6.10 Å². The summed E-state index contributed by atoms with van der Waals surface area (Å²) >= 11 is 3.42. The van der Waals surface area contributed by atoms with Crippen molar-refractivity contribution in [3.05, 3.63) is 58.1 Å². The zero-order valence-electron chi connectivity index (χ0n) is 11.8. The number of halogens is 1. The first-order valence-electron chi connectivity index (χ1n) is 7.04. The molecule has 2 aromatic rings. The van der Waals surface area contributed by atoms with Gasteiger partial charge in [0.25, 0.3) is 0 Å². The summed E-state index contributed by atoms with van der Waals surface area (Å²) in [5.74, 6) is 1.60. The predicted molar refractivity (Wildman–Crippen MR) is 84.7 cm³/mol. The first kappa shape index (κ1) is 14.4. The average molecular weight is 349 g/mol. The third kappa shape index (κ3) is 3.06. The molecule has 3 nitrogen and oxygen atoms in total. The van der Waals surface area contributed by atoms with Gasteiger partial charge in [-0.1, -0.05) is 28.1 Å². The Morgan fingerprint density at radius 1 is 1.24 bits per heavy atom. The van der Waals surface area contributed by atoms with Gasteiger partial charge in [0.05, 0.1) is 12.7 Å². The molecule has 110 valence electrons. The van der Waals surface area contributed by atoms with Gasteiger partial charge in [0.15, 0.2) is 0 Å². The Bertz CT molecular complexity index is 624. The van der Waals surface area contributed by atoms with Crippen LogP contribution in [-0.2, 0) is 0 Å². The lowest BCUT2D eigenvalue weighted by molar-refractivity contribution is 0.0656. The fourth-order valence-corrected chi connectivity index (χ4v) is 2.95. The summed E-state index contributed by atoms with van der Waals surface area (Å²) in [4.78, 5) is 0. The molecule has 0 aromatic heterocycles. The molecule has 3 rings (SSSR count). The second kappa shape index (κ2) is 6.08. The number of ether oxygens (including phenoxy) is 2. The van der Waals surface area contributed by atoms with Crippen molar-refractivity contribution in [1.82, 2.24) is 0 Å². The maximum atomic E-state index is 10.3. The van der Waals surface area contributed by atoms with Gasteiger partial charge in [-0.3, -0.25) is 0 Å². The number of rotatable bonds is 3. The van der Waals surface area contributed by atoms with Crippen LogP contribution in [0.5, 0.6) is 11.5 Å². The Hall–Kier alpha value is -1.52. The minimum absolute atomic E-state index is 0.135. The van der Waals surface area contributed by atoms with Gasteiger partial charge in [-0.2, -0.15) is 0 Å². The Morgan fingerprint density at radius 3 is 2.71 bits per heavy atom. The summed E-state index contributed by atoms with van der Waals surface area (Å²) in [6.45, 7) is 2.61. The van der Waals surface area contributed by atoms with E-state index in [0.29, 0.717) is 13.0 Å². The lowest BCUT2D eigenvalue weighted by atomic mass is 9.95. The van der Waals surface area contributed by atoms with Crippen LogP contribution < -0.4 is 9.47 Å². The molecule has 0 radical (unpaired) electrons. The van der Waals surface area contributed by atoms with Crippen LogP contribution in [0.1, 0.15) is 36.7 Å². The average Bonchev–Trinajstić information content (AvgIpc) is 2.49. The maximum Gasteiger partial charge on any atom is 0.127 e. The molecule has 0 saturated carbocycles. The van der Waals surface area contributed by atoms with Crippen LogP contribution in [0.15, 0.2) is 46.9 Å². The largest absolute Gasteiger partial charge is 0.494 e. The lowest BCUT2D eigenvalue weighted by Gasteiger charge is -2.30. The molecule has 0 spiro atoms.